The zero-order valence-corrected chi connectivity index (χ0v) is 12.3. The van der Waals surface area contributed by atoms with Crippen molar-refractivity contribution in [2.24, 2.45) is 0 Å². The third-order valence-electron chi connectivity index (χ3n) is 3.31. The van der Waals surface area contributed by atoms with Gasteiger partial charge in [-0.3, -0.25) is 9.20 Å². The van der Waals surface area contributed by atoms with E-state index < -0.39 is 0 Å². The number of nitrogens with one attached hydrogen (secondary N) is 1. The van der Waals surface area contributed by atoms with Crippen LogP contribution in [-0.4, -0.2) is 15.3 Å². The number of carbonyl (C=O) groups is 1. The first-order chi connectivity index (χ1) is 10.1. The number of hydrogen-bond donors (Lipinski definition) is 1. The third kappa shape index (κ3) is 2.76. The predicted molar refractivity (Wildman–Crippen MR) is 82.6 cm³/mol. The van der Waals surface area contributed by atoms with E-state index in [0.29, 0.717) is 17.3 Å². The SMILES string of the molecule is Cc1ccccc1C(=O)NCc1cn2c(Cl)cccc2n1. The lowest BCUT2D eigenvalue weighted by Gasteiger charge is -2.05. The van der Waals surface area contributed by atoms with Crippen LogP contribution < -0.4 is 5.32 Å². The second-order valence-electron chi connectivity index (χ2n) is 4.81. The summed E-state index contributed by atoms with van der Waals surface area (Å²) in [5.41, 5.74) is 3.17. The Morgan fingerprint density at radius 1 is 1.24 bits per heavy atom. The van der Waals surface area contributed by atoms with Gasteiger partial charge in [0.2, 0.25) is 0 Å². The Morgan fingerprint density at radius 2 is 2.05 bits per heavy atom. The highest BCUT2D eigenvalue weighted by molar-refractivity contribution is 6.29. The monoisotopic (exact) mass is 299 g/mol. The van der Waals surface area contributed by atoms with Gasteiger partial charge in [-0.2, -0.15) is 0 Å². The van der Waals surface area contributed by atoms with Gasteiger partial charge in [0.1, 0.15) is 10.8 Å². The summed E-state index contributed by atoms with van der Waals surface area (Å²) in [4.78, 5) is 16.6. The number of aryl methyl sites for hydroxylation is 1. The Hall–Kier alpha value is -2.33. The van der Waals surface area contributed by atoms with Crippen LogP contribution in [0, 0.1) is 6.92 Å². The number of rotatable bonds is 3. The molecule has 0 fully saturated rings. The summed E-state index contributed by atoms with van der Waals surface area (Å²) in [7, 11) is 0. The maximum absolute atomic E-state index is 12.1. The minimum absolute atomic E-state index is 0.101. The molecule has 0 aliphatic heterocycles. The molecule has 0 saturated heterocycles. The van der Waals surface area contributed by atoms with Gasteiger partial charge in [0, 0.05) is 11.8 Å². The van der Waals surface area contributed by atoms with Gasteiger partial charge in [-0.05, 0) is 30.7 Å². The summed E-state index contributed by atoms with van der Waals surface area (Å²) in [6.45, 7) is 2.28. The van der Waals surface area contributed by atoms with E-state index in [1.54, 1.807) is 10.5 Å². The van der Waals surface area contributed by atoms with Crippen LogP contribution in [0.3, 0.4) is 0 Å². The summed E-state index contributed by atoms with van der Waals surface area (Å²) in [6.07, 6.45) is 1.83. The highest BCUT2D eigenvalue weighted by Crippen LogP contribution is 2.13. The zero-order valence-electron chi connectivity index (χ0n) is 11.5. The Morgan fingerprint density at radius 3 is 2.81 bits per heavy atom. The van der Waals surface area contributed by atoms with Gasteiger partial charge in [-0.1, -0.05) is 35.9 Å². The molecule has 0 atom stereocenters. The fraction of sp³-hybridized carbons (Fsp3) is 0.125. The lowest BCUT2D eigenvalue weighted by atomic mass is 10.1. The van der Waals surface area contributed by atoms with E-state index in [1.165, 1.54) is 0 Å². The van der Waals surface area contributed by atoms with Crippen molar-refractivity contribution in [2.75, 3.05) is 0 Å². The molecule has 4 nitrogen and oxygen atoms in total. The molecule has 2 aromatic heterocycles. The van der Waals surface area contributed by atoms with Crippen LogP contribution in [0.5, 0.6) is 0 Å². The number of pyridine rings is 1. The first-order valence-corrected chi connectivity index (χ1v) is 6.99. The van der Waals surface area contributed by atoms with E-state index >= 15 is 0 Å². The lowest BCUT2D eigenvalue weighted by molar-refractivity contribution is 0.0950. The van der Waals surface area contributed by atoms with Crippen molar-refractivity contribution in [1.29, 1.82) is 0 Å². The van der Waals surface area contributed by atoms with Crippen LogP contribution in [0.15, 0.2) is 48.7 Å². The fourth-order valence-corrected chi connectivity index (χ4v) is 2.41. The number of nitrogens with zero attached hydrogens (tertiary/aromatic N) is 2. The molecule has 0 saturated carbocycles. The van der Waals surface area contributed by atoms with E-state index in [2.05, 4.69) is 10.3 Å². The Kier molecular flexibility index (Phi) is 3.62. The van der Waals surface area contributed by atoms with Crippen molar-refractivity contribution in [2.45, 2.75) is 13.5 Å². The molecule has 21 heavy (non-hydrogen) atoms. The van der Waals surface area contributed by atoms with Crippen LogP contribution in [-0.2, 0) is 6.54 Å². The quantitative estimate of drug-likeness (QED) is 0.755. The maximum atomic E-state index is 12.1. The standard InChI is InChI=1S/C16H14ClN3O/c1-11-5-2-3-6-13(11)16(21)18-9-12-10-20-14(17)7-4-8-15(20)19-12/h2-8,10H,9H2,1H3,(H,18,21). The molecule has 5 heteroatoms. The summed E-state index contributed by atoms with van der Waals surface area (Å²) in [5.74, 6) is -0.101. The fourth-order valence-electron chi connectivity index (χ4n) is 2.21. The van der Waals surface area contributed by atoms with Gasteiger partial charge in [0.05, 0.1) is 12.2 Å². The molecule has 1 amide bonds. The van der Waals surface area contributed by atoms with E-state index in [4.69, 9.17) is 11.6 Å². The van der Waals surface area contributed by atoms with Gasteiger partial charge >= 0.3 is 0 Å². The zero-order chi connectivity index (χ0) is 14.8. The smallest absolute Gasteiger partial charge is 0.251 e. The van der Waals surface area contributed by atoms with Crippen LogP contribution in [0.2, 0.25) is 5.15 Å². The van der Waals surface area contributed by atoms with Crippen molar-refractivity contribution in [3.8, 4) is 0 Å². The summed E-state index contributed by atoms with van der Waals surface area (Å²) < 4.78 is 1.79. The van der Waals surface area contributed by atoms with E-state index in [1.807, 2.05) is 49.5 Å². The molecule has 0 aliphatic rings. The maximum Gasteiger partial charge on any atom is 0.251 e. The molecule has 106 valence electrons. The third-order valence-corrected chi connectivity index (χ3v) is 3.62. The number of carbonyl (C=O) groups excluding carboxylic acids is 1. The van der Waals surface area contributed by atoms with Crippen LogP contribution in [0.4, 0.5) is 0 Å². The van der Waals surface area contributed by atoms with Crippen molar-refractivity contribution < 1.29 is 4.79 Å². The average Bonchev–Trinajstić information content (AvgIpc) is 2.90. The molecule has 0 aliphatic carbocycles. The number of benzene rings is 1. The topological polar surface area (TPSA) is 46.4 Å². The molecular formula is C16H14ClN3O. The van der Waals surface area contributed by atoms with Crippen molar-refractivity contribution in [1.82, 2.24) is 14.7 Å². The number of fused-ring (bicyclic) bond motifs is 1. The van der Waals surface area contributed by atoms with E-state index in [9.17, 15) is 4.79 Å². The van der Waals surface area contributed by atoms with Gasteiger partial charge in [0.25, 0.3) is 5.91 Å². The summed E-state index contributed by atoms with van der Waals surface area (Å²) >= 11 is 6.09. The molecule has 0 radical (unpaired) electrons. The van der Waals surface area contributed by atoms with E-state index in [0.717, 1.165) is 16.9 Å². The Bertz CT molecular complexity index is 810. The highest BCUT2D eigenvalue weighted by Gasteiger charge is 2.09. The van der Waals surface area contributed by atoms with Gasteiger partial charge in [-0.25, -0.2) is 4.98 Å². The molecule has 2 heterocycles. The molecule has 3 rings (SSSR count). The molecule has 0 unspecified atom stereocenters. The number of halogens is 1. The Labute approximate surface area is 127 Å². The highest BCUT2D eigenvalue weighted by atomic mass is 35.5. The summed E-state index contributed by atoms with van der Waals surface area (Å²) in [6, 6.07) is 13.0. The second-order valence-corrected chi connectivity index (χ2v) is 5.19. The molecule has 1 aromatic carbocycles. The molecule has 0 spiro atoms. The minimum atomic E-state index is -0.101. The number of hydrogen-bond acceptors (Lipinski definition) is 2. The van der Waals surface area contributed by atoms with Crippen LogP contribution in [0.1, 0.15) is 21.6 Å². The van der Waals surface area contributed by atoms with Gasteiger partial charge < -0.3 is 5.32 Å². The lowest BCUT2D eigenvalue weighted by Crippen LogP contribution is -2.23. The van der Waals surface area contributed by atoms with Crippen molar-refractivity contribution >= 4 is 23.2 Å². The first kappa shape index (κ1) is 13.6. The number of amides is 1. The normalized spacial score (nSPS) is 10.8. The van der Waals surface area contributed by atoms with Crippen molar-refractivity contribution in [3.05, 3.63) is 70.6 Å². The van der Waals surface area contributed by atoms with Crippen LogP contribution >= 0.6 is 11.6 Å². The second kappa shape index (κ2) is 5.58. The van der Waals surface area contributed by atoms with Crippen molar-refractivity contribution in [3.63, 3.8) is 0 Å². The van der Waals surface area contributed by atoms with Gasteiger partial charge in [0.15, 0.2) is 0 Å². The number of imidazole rings is 1. The van der Waals surface area contributed by atoms with E-state index in [-0.39, 0.29) is 5.91 Å². The molecule has 1 N–H and O–H groups in total. The Balaban J connectivity index is 1.76. The summed E-state index contributed by atoms with van der Waals surface area (Å²) in [5, 5.41) is 3.47. The van der Waals surface area contributed by atoms with Gasteiger partial charge in [-0.15, -0.1) is 0 Å². The largest absolute Gasteiger partial charge is 0.346 e. The first-order valence-electron chi connectivity index (χ1n) is 6.61. The molecular weight excluding hydrogens is 286 g/mol. The predicted octanol–water partition coefficient (Wildman–Crippen LogP) is 3.23. The average molecular weight is 300 g/mol. The molecule has 0 bridgehead atoms. The minimum Gasteiger partial charge on any atom is -0.346 e. The number of aromatic nitrogens is 2. The van der Waals surface area contributed by atoms with Crippen LogP contribution in [0.25, 0.3) is 5.65 Å². The molecule has 3 aromatic rings.